The number of esters is 1. The van der Waals surface area contributed by atoms with Crippen LogP contribution in [0, 0.1) is 5.82 Å². The van der Waals surface area contributed by atoms with Gasteiger partial charge < -0.3 is 15.2 Å². The maximum Gasteiger partial charge on any atom is 0.305 e. The summed E-state index contributed by atoms with van der Waals surface area (Å²) in [5.74, 6) is -0.627. The topological polar surface area (TPSA) is 61.5 Å². The van der Waals surface area contributed by atoms with Gasteiger partial charge in [0.05, 0.1) is 13.2 Å². The van der Waals surface area contributed by atoms with Gasteiger partial charge in [-0.1, -0.05) is 0 Å². The predicted octanol–water partition coefficient (Wildman–Crippen LogP) is 2.13. The number of nitrogens with two attached hydrogens (primary N) is 1. The lowest BCUT2D eigenvalue weighted by Crippen LogP contribution is -2.07. The second-order valence-electron chi connectivity index (χ2n) is 3.45. The molecule has 0 saturated heterocycles. The van der Waals surface area contributed by atoms with E-state index >= 15 is 0 Å². The minimum absolute atomic E-state index is 0.142. The van der Waals surface area contributed by atoms with Crippen molar-refractivity contribution < 1.29 is 18.7 Å². The van der Waals surface area contributed by atoms with Gasteiger partial charge in [-0.15, -0.1) is 0 Å². The first-order chi connectivity index (χ1) is 8.13. The van der Waals surface area contributed by atoms with Crippen molar-refractivity contribution in [3.8, 4) is 5.75 Å². The first-order valence-electron chi connectivity index (χ1n) is 5.47. The molecule has 0 aliphatic rings. The Hall–Kier alpha value is -1.78. The maximum atomic E-state index is 13.3. The lowest BCUT2D eigenvalue weighted by Gasteiger charge is -2.07. The number of carbonyl (C=O) groups is 1. The molecule has 94 valence electrons. The Balaban J connectivity index is 2.29. The van der Waals surface area contributed by atoms with Gasteiger partial charge in [0.2, 0.25) is 0 Å². The van der Waals surface area contributed by atoms with Crippen LogP contribution in [0.5, 0.6) is 5.75 Å². The van der Waals surface area contributed by atoms with E-state index in [1.807, 2.05) is 0 Å². The van der Waals surface area contributed by atoms with E-state index in [2.05, 4.69) is 0 Å². The monoisotopic (exact) mass is 241 g/mol. The highest BCUT2D eigenvalue weighted by Crippen LogP contribution is 2.19. The molecule has 1 rings (SSSR count). The summed E-state index contributed by atoms with van der Waals surface area (Å²) in [6.07, 6.45) is 0.757. The number of hydrogen-bond acceptors (Lipinski definition) is 4. The van der Waals surface area contributed by atoms with Crippen LogP contribution in [0.3, 0.4) is 0 Å². The molecule has 0 heterocycles. The number of anilines is 1. The van der Waals surface area contributed by atoms with Crippen LogP contribution in [0.1, 0.15) is 19.8 Å². The largest absolute Gasteiger partial charge is 0.491 e. The molecule has 0 aliphatic carbocycles. The highest BCUT2D eigenvalue weighted by molar-refractivity contribution is 5.69. The molecule has 0 aromatic heterocycles. The molecule has 5 heteroatoms. The van der Waals surface area contributed by atoms with E-state index in [4.69, 9.17) is 15.2 Å². The highest BCUT2D eigenvalue weighted by Gasteiger charge is 2.05. The summed E-state index contributed by atoms with van der Waals surface area (Å²) < 4.78 is 23.2. The smallest absolute Gasteiger partial charge is 0.305 e. The number of benzene rings is 1. The van der Waals surface area contributed by atoms with E-state index < -0.39 is 5.82 Å². The molecule has 0 amide bonds. The summed E-state index contributed by atoms with van der Waals surface area (Å²) in [5, 5.41) is 0. The average Bonchev–Trinajstić information content (AvgIpc) is 2.27. The highest BCUT2D eigenvalue weighted by atomic mass is 19.1. The Bertz CT molecular complexity index is 382. The molecule has 1 aromatic rings. The Morgan fingerprint density at radius 2 is 2.24 bits per heavy atom. The summed E-state index contributed by atoms with van der Waals surface area (Å²) in [5.41, 5.74) is 5.75. The van der Waals surface area contributed by atoms with E-state index in [-0.39, 0.29) is 24.7 Å². The third-order valence-electron chi connectivity index (χ3n) is 2.04. The zero-order chi connectivity index (χ0) is 12.7. The normalized spacial score (nSPS) is 10.0. The molecule has 2 N–H and O–H groups in total. The quantitative estimate of drug-likeness (QED) is 0.471. The minimum Gasteiger partial charge on any atom is -0.491 e. The molecule has 0 aliphatic heterocycles. The number of rotatable bonds is 6. The Morgan fingerprint density at radius 1 is 1.47 bits per heavy atom. The van der Waals surface area contributed by atoms with Crippen LogP contribution in [0.25, 0.3) is 0 Å². The Kier molecular flexibility index (Phi) is 5.26. The molecular weight excluding hydrogens is 225 g/mol. The van der Waals surface area contributed by atoms with Crippen molar-refractivity contribution in [3.63, 3.8) is 0 Å². The second kappa shape index (κ2) is 6.73. The van der Waals surface area contributed by atoms with Crippen LogP contribution >= 0.6 is 0 Å². The fraction of sp³-hybridized carbons (Fsp3) is 0.417. The SMILES string of the molecule is CCOC(=O)CCCOc1ccc(N)cc1F. The molecule has 0 fully saturated rings. The van der Waals surface area contributed by atoms with Gasteiger partial charge in [-0.25, -0.2) is 4.39 Å². The van der Waals surface area contributed by atoms with E-state index in [0.717, 1.165) is 0 Å². The van der Waals surface area contributed by atoms with E-state index in [1.54, 1.807) is 13.0 Å². The van der Waals surface area contributed by atoms with Crippen LogP contribution in [0.15, 0.2) is 18.2 Å². The van der Waals surface area contributed by atoms with Crippen molar-refractivity contribution in [2.24, 2.45) is 0 Å². The fourth-order valence-electron chi connectivity index (χ4n) is 1.27. The average molecular weight is 241 g/mol. The first-order valence-corrected chi connectivity index (χ1v) is 5.47. The molecule has 0 bridgehead atoms. The van der Waals surface area contributed by atoms with Crippen molar-refractivity contribution in [3.05, 3.63) is 24.0 Å². The summed E-state index contributed by atoms with van der Waals surface area (Å²) in [6.45, 7) is 2.38. The summed E-state index contributed by atoms with van der Waals surface area (Å²) in [7, 11) is 0. The number of halogens is 1. The summed E-state index contributed by atoms with van der Waals surface area (Å²) in [6, 6.07) is 4.22. The molecule has 0 unspecified atom stereocenters. The van der Waals surface area contributed by atoms with Crippen molar-refractivity contribution in [2.75, 3.05) is 18.9 Å². The van der Waals surface area contributed by atoms with E-state index in [9.17, 15) is 9.18 Å². The molecule has 4 nitrogen and oxygen atoms in total. The Labute approximate surface area is 99.5 Å². The lowest BCUT2D eigenvalue weighted by atomic mass is 10.3. The van der Waals surface area contributed by atoms with Gasteiger partial charge in [-0.3, -0.25) is 4.79 Å². The summed E-state index contributed by atoms with van der Waals surface area (Å²) in [4.78, 5) is 11.0. The number of nitrogen functional groups attached to an aromatic ring is 1. The third-order valence-corrected chi connectivity index (χ3v) is 2.04. The van der Waals surface area contributed by atoms with Crippen LogP contribution in [0.4, 0.5) is 10.1 Å². The zero-order valence-corrected chi connectivity index (χ0v) is 9.74. The molecule has 0 spiro atoms. The zero-order valence-electron chi connectivity index (χ0n) is 9.74. The molecule has 1 aromatic carbocycles. The molecule has 0 radical (unpaired) electrons. The van der Waals surface area contributed by atoms with Crippen molar-refractivity contribution in [2.45, 2.75) is 19.8 Å². The van der Waals surface area contributed by atoms with Gasteiger partial charge in [0.15, 0.2) is 11.6 Å². The molecule has 0 saturated carbocycles. The molecular formula is C12H16FNO3. The van der Waals surface area contributed by atoms with Crippen LogP contribution in [-0.2, 0) is 9.53 Å². The first kappa shape index (κ1) is 13.3. The maximum absolute atomic E-state index is 13.3. The van der Waals surface area contributed by atoms with Crippen molar-refractivity contribution in [1.29, 1.82) is 0 Å². The van der Waals surface area contributed by atoms with Gasteiger partial charge in [-0.05, 0) is 25.5 Å². The van der Waals surface area contributed by atoms with Gasteiger partial charge in [0.1, 0.15) is 0 Å². The van der Waals surface area contributed by atoms with Crippen LogP contribution in [-0.4, -0.2) is 19.2 Å². The van der Waals surface area contributed by atoms with Gasteiger partial charge in [-0.2, -0.15) is 0 Å². The second-order valence-corrected chi connectivity index (χ2v) is 3.45. The summed E-state index contributed by atoms with van der Waals surface area (Å²) >= 11 is 0. The van der Waals surface area contributed by atoms with Gasteiger partial charge in [0.25, 0.3) is 0 Å². The van der Waals surface area contributed by atoms with Crippen molar-refractivity contribution in [1.82, 2.24) is 0 Å². The number of ether oxygens (including phenoxy) is 2. The van der Waals surface area contributed by atoms with Crippen LogP contribution < -0.4 is 10.5 Å². The Morgan fingerprint density at radius 3 is 2.88 bits per heavy atom. The van der Waals surface area contributed by atoms with E-state index in [1.165, 1.54) is 12.1 Å². The minimum atomic E-state index is -0.499. The van der Waals surface area contributed by atoms with Crippen molar-refractivity contribution >= 4 is 11.7 Å². The lowest BCUT2D eigenvalue weighted by molar-refractivity contribution is -0.143. The third kappa shape index (κ3) is 4.72. The number of hydrogen-bond donors (Lipinski definition) is 1. The van der Waals surface area contributed by atoms with E-state index in [0.29, 0.717) is 18.7 Å². The standard InChI is InChI=1S/C12H16FNO3/c1-2-16-12(15)4-3-7-17-11-6-5-9(14)8-10(11)13/h5-6,8H,2-4,7,14H2,1H3. The fourth-order valence-corrected chi connectivity index (χ4v) is 1.27. The predicted molar refractivity (Wildman–Crippen MR) is 62.2 cm³/mol. The molecule has 0 atom stereocenters. The number of carbonyl (C=O) groups excluding carboxylic acids is 1. The van der Waals surface area contributed by atoms with Gasteiger partial charge in [0, 0.05) is 18.2 Å². The van der Waals surface area contributed by atoms with Gasteiger partial charge >= 0.3 is 5.97 Å². The van der Waals surface area contributed by atoms with Crippen LogP contribution in [0.2, 0.25) is 0 Å². The molecule has 17 heavy (non-hydrogen) atoms.